The van der Waals surface area contributed by atoms with Crippen LogP contribution in [0.2, 0.25) is 5.02 Å². The zero-order chi connectivity index (χ0) is 13.8. The van der Waals surface area contributed by atoms with Crippen molar-refractivity contribution in [3.8, 4) is 0 Å². The Morgan fingerprint density at radius 2 is 2.28 bits per heavy atom. The molecule has 0 saturated carbocycles. The van der Waals surface area contributed by atoms with Gasteiger partial charge in [0, 0.05) is 23.7 Å². The fraction of sp³-hybridized carbons (Fsp3) is 0.500. The number of aliphatic hydroxyl groups is 1. The lowest BCUT2D eigenvalue weighted by Crippen LogP contribution is -2.41. The summed E-state index contributed by atoms with van der Waals surface area (Å²) in [6.07, 6.45) is 4.43. The minimum absolute atomic E-state index is 0.0590. The quantitative estimate of drug-likeness (QED) is 0.823. The van der Waals surface area contributed by atoms with Crippen LogP contribution in [0.3, 0.4) is 0 Å². The van der Waals surface area contributed by atoms with E-state index in [4.69, 9.17) is 16.7 Å². The van der Waals surface area contributed by atoms with E-state index in [-0.39, 0.29) is 21.8 Å². The Bertz CT molecular complexity index is 492. The summed E-state index contributed by atoms with van der Waals surface area (Å²) < 4.78 is 26.6. The van der Waals surface area contributed by atoms with E-state index in [1.165, 1.54) is 30.2 Å². The molecule has 1 aromatic rings. The minimum atomic E-state index is -3.72. The second-order valence-corrected chi connectivity index (χ2v) is 6.84. The lowest BCUT2D eigenvalue weighted by atomic mass is 10.3. The maximum absolute atomic E-state index is 12.1. The van der Waals surface area contributed by atoms with Crippen LogP contribution in [0.4, 0.5) is 0 Å². The highest BCUT2D eigenvalue weighted by Gasteiger charge is 2.24. The first kappa shape index (κ1) is 15.7. The van der Waals surface area contributed by atoms with Gasteiger partial charge in [-0.2, -0.15) is 11.8 Å². The van der Waals surface area contributed by atoms with Crippen molar-refractivity contribution >= 4 is 33.4 Å². The van der Waals surface area contributed by atoms with Crippen LogP contribution in [0, 0.1) is 0 Å². The second kappa shape index (κ2) is 6.72. The minimum Gasteiger partial charge on any atom is -0.395 e. The lowest BCUT2D eigenvalue weighted by Gasteiger charge is -2.21. The van der Waals surface area contributed by atoms with Crippen LogP contribution < -0.4 is 4.72 Å². The summed E-state index contributed by atoms with van der Waals surface area (Å²) in [5, 5.41) is 9.03. The molecule has 0 aliphatic carbocycles. The Morgan fingerprint density at radius 1 is 1.61 bits per heavy atom. The molecule has 0 amide bonds. The molecule has 8 heteroatoms. The standard InChI is InChI=1S/C10H15ClN2O3S2/c1-7(9(6-14)17-2)13-18(15,16)10-5-12-4-3-8(10)11/h3-5,7,9,13-14H,6H2,1-2H3. The number of halogens is 1. The summed E-state index contributed by atoms with van der Waals surface area (Å²) in [6.45, 7) is 1.59. The molecule has 0 fully saturated rings. The van der Waals surface area contributed by atoms with Crippen molar-refractivity contribution in [3.63, 3.8) is 0 Å². The van der Waals surface area contributed by atoms with Gasteiger partial charge >= 0.3 is 0 Å². The molecule has 0 bridgehead atoms. The SMILES string of the molecule is CSC(CO)C(C)NS(=O)(=O)c1cnccc1Cl. The third kappa shape index (κ3) is 3.83. The van der Waals surface area contributed by atoms with E-state index >= 15 is 0 Å². The van der Waals surface area contributed by atoms with Crippen molar-refractivity contribution in [2.75, 3.05) is 12.9 Å². The lowest BCUT2D eigenvalue weighted by molar-refractivity contribution is 0.282. The van der Waals surface area contributed by atoms with Crippen molar-refractivity contribution in [1.82, 2.24) is 9.71 Å². The molecule has 102 valence electrons. The average Bonchev–Trinajstić information content (AvgIpc) is 2.30. The summed E-state index contributed by atoms with van der Waals surface area (Å²) in [5.41, 5.74) is 0. The number of hydrogen-bond acceptors (Lipinski definition) is 5. The van der Waals surface area contributed by atoms with Gasteiger partial charge in [-0.25, -0.2) is 13.1 Å². The summed E-state index contributed by atoms with van der Waals surface area (Å²) in [6, 6.07) is 1.00. The van der Waals surface area contributed by atoms with Crippen molar-refractivity contribution in [2.24, 2.45) is 0 Å². The normalized spacial score (nSPS) is 15.3. The molecule has 0 saturated heterocycles. The number of thioether (sulfide) groups is 1. The number of pyridine rings is 1. The molecule has 0 aliphatic rings. The molecule has 0 aliphatic heterocycles. The molecule has 1 aromatic heterocycles. The van der Waals surface area contributed by atoms with E-state index in [9.17, 15) is 8.42 Å². The van der Waals surface area contributed by atoms with Crippen LogP contribution in [-0.2, 0) is 10.0 Å². The van der Waals surface area contributed by atoms with E-state index in [0.717, 1.165) is 0 Å². The molecule has 0 radical (unpaired) electrons. The molecule has 0 spiro atoms. The summed E-state index contributed by atoms with van der Waals surface area (Å²) in [7, 11) is -3.72. The molecular weight excluding hydrogens is 296 g/mol. The van der Waals surface area contributed by atoms with Gasteiger partial charge in [0.15, 0.2) is 0 Å². The van der Waals surface area contributed by atoms with Gasteiger partial charge < -0.3 is 5.11 Å². The number of aromatic nitrogens is 1. The number of nitrogens with zero attached hydrogens (tertiary/aromatic N) is 1. The van der Waals surface area contributed by atoms with E-state index in [2.05, 4.69) is 9.71 Å². The molecule has 2 N–H and O–H groups in total. The molecule has 2 atom stereocenters. The van der Waals surface area contributed by atoms with Crippen LogP contribution in [0.25, 0.3) is 0 Å². The summed E-state index contributed by atoms with van der Waals surface area (Å²) in [5.74, 6) is 0. The Balaban J connectivity index is 2.93. The summed E-state index contributed by atoms with van der Waals surface area (Å²) in [4.78, 5) is 3.69. The molecular formula is C10H15ClN2O3S2. The van der Waals surface area contributed by atoms with Crippen molar-refractivity contribution in [2.45, 2.75) is 23.1 Å². The van der Waals surface area contributed by atoms with Gasteiger partial charge in [0.2, 0.25) is 10.0 Å². The molecule has 2 unspecified atom stereocenters. The van der Waals surface area contributed by atoms with Gasteiger partial charge in [-0.15, -0.1) is 0 Å². The molecule has 18 heavy (non-hydrogen) atoms. The smallest absolute Gasteiger partial charge is 0.243 e. The number of nitrogens with one attached hydrogen (secondary N) is 1. The highest BCUT2D eigenvalue weighted by Crippen LogP contribution is 2.20. The molecule has 1 rings (SSSR count). The Morgan fingerprint density at radius 3 is 2.78 bits per heavy atom. The molecule has 5 nitrogen and oxygen atoms in total. The van der Waals surface area contributed by atoms with Crippen LogP contribution in [-0.4, -0.2) is 42.7 Å². The average molecular weight is 311 g/mol. The fourth-order valence-corrected chi connectivity index (χ4v) is 3.81. The van der Waals surface area contributed by atoms with E-state index in [1.54, 1.807) is 6.92 Å². The fourth-order valence-electron chi connectivity index (χ4n) is 1.38. The highest BCUT2D eigenvalue weighted by atomic mass is 35.5. The van der Waals surface area contributed by atoms with Gasteiger partial charge in [-0.1, -0.05) is 11.6 Å². The number of hydrogen-bond donors (Lipinski definition) is 2. The van der Waals surface area contributed by atoms with Gasteiger partial charge in [-0.05, 0) is 19.2 Å². The highest BCUT2D eigenvalue weighted by molar-refractivity contribution is 7.99. The predicted octanol–water partition coefficient (Wildman–Crippen LogP) is 1.13. The molecule has 1 heterocycles. The first-order chi connectivity index (χ1) is 8.42. The predicted molar refractivity (Wildman–Crippen MR) is 73.4 cm³/mol. The van der Waals surface area contributed by atoms with Gasteiger partial charge in [-0.3, -0.25) is 4.98 Å². The third-order valence-corrected chi connectivity index (χ3v) is 5.60. The Labute approximate surface area is 116 Å². The van der Waals surface area contributed by atoms with Crippen molar-refractivity contribution in [1.29, 1.82) is 0 Å². The second-order valence-electron chi connectivity index (χ2n) is 3.67. The zero-order valence-corrected chi connectivity index (χ0v) is 12.4. The topological polar surface area (TPSA) is 79.3 Å². The van der Waals surface area contributed by atoms with Crippen LogP contribution in [0.5, 0.6) is 0 Å². The number of rotatable bonds is 6. The number of sulfonamides is 1. The van der Waals surface area contributed by atoms with Gasteiger partial charge in [0.25, 0.3) is 0 Å². The third-order valence-electron chi connectivity index (χ3n) is 2.41. The van der Waals surface area contributed by atoms with E-state index in [1.807, 2.05) is 6.26 Å². The van der Waals surface area contributed by atoms with Gasteiger partial charge in [0.1, 0.15) is 4.90 Å². The zero-order valence-electron chi connectivity index (χ0n) is 10.00. The Hall–Kier alpha value is -0.340. The van der Waals surface area contributed by atoms with Crippen LogP contribution in [0.1, 0.15) is 6.92 Å². The molecule has 0 aromatic carbocycles. The van der Waals surface area contributed by atoms with Crippen LogP contribution in [0.15, 0.2) is 23.4 Å². The monoisotopic (exact) mass is 310 g/mol. The first-order valence-corrected chi connectivity index (χ1v) is 8.32. The Kier molecular flexibility index (Phi) is 5.87. The first-order valence-electron chi connectivity index (χ1n) is 5.18. The van der Waals surface area contributed by atoms with Gasteiger partial charge in [0.05, 0.1) is 11.6 Å². The summed E-state index contributed by atoms with van der Waals surface area (Å²) >= 11 is 7.22. The van der Waals surface area contributed by atoms with Crippen LogP contribution >= 0.6 is 23.4 Å². The van der Waals surface area contributed by atoms with Crippen molar-refractivity contribution < 1.29 is 13.5 Å². The maximum atomic E-state index is 12.1. The van der Waals surface area contributed by atoms with E-state index < -0.39 is 16.1 Å². The van der Waals surface area contributed by atoms with E-state index in [0.29, 0.717) is 0 Å². The largest absolute Gasteiger partial charge is 0.395 e. The number of aliphatic hydroxyl groups excluding tert-OH is 1. The van der Waals surface area contributed by atoms with Crippen molar-refractivity contribution in [3.05, 3.63) is 23.5 Å². The maximum Gasteiger partial charge on any atom is 0.243 e.